The fourth-order valence-corrected chi connectivity index (χ4v) is 2.33. The van der Waals surface area contributed by atoms with Crippen LogP contribution < -0.4 is 0 Å². The van der Waals surface area contributed by atoms with Crippen LogP contribution in [0.5, 0.6) is 0 Å². The van der Waals surface area contributed by atoms with E-state index in [1.165, 1.54) is 24.3 Å². The van der Waals surface area contributed by atoms with Crippen LogP contribution in [-0.4, -0.2) is 4.92 Å². The lowest BCUT2D eigenvalue weighted by Crippen LogP contribution is -1.92. The minimum absolute atomic E-state index is 0.0584. The molecule has 0 atom stereocenters. The summed E-state index contributed by atoms with van der Waals surface area (Å²) in [6, 6.07) is 6.19. The lowest BCUT2D eigenvalue weighted by molar-refractivity contribution is -0.385. The van der Waals surface area contributed by atoms with Gasteiger partial charge in [0, 0.05) is 17.2 Å². The number of hydrogen-bond acceptors (Lipinski definition) is 2. The summed E-state index contributed by atoms with van der Waals surface area (Å²) in [6.45, 7) is 0. The standard InChI is InChI=1S/C12H5Cl3FNO2/c13-8-3-4-9(14)12(15)11(8)7-2-1-6(17(18)19)5-10(7)16/h1-5H. The first-order valence-electron chi connectivity index (χ1n) is 4.99. The summed E-state index contributed by atoms with van der Waals surface area (Å²) in [5.74, 6) is -0.791. The number of nitro groups is 1. The van der Waals surface area contributed by atoms with Crippen molar-refractivity contribution in [1.29, 1.82) is 0 Å². The van der Waals surface area contributed by atoms with Gasteiger partial charge in [0.2, 0.25) is 0 Å². The Morgan fingerprint density at radius 3 is 2.26 bits per heavy atom. The van der Waals surface area contributed by atoms with Crippen molar-refractivity contribution >= 4 is 40.5 Å². The van der Waals surface area contributed by atoms with E-state index in [1.807, 2.05) is 0 Å². The maximum absolute atomic E-state index is 13.9. The highest BCUT2D eigenvalue weighted by atomic mass is 35.5. The highest BCUT2D eigenvalue weighted by Gasteiger charge is 2.18. The number of benzene rings is 2. The molecule has 0 unspecified atom stereocenters. The number of halogens is 4. The van der Waals surface area contributed by atoms with Crippen molar-refractivity contribution < 1.29 is 9.31 Å². The first kappa shape index (κ1) is 14.1. The van der Waals surface area contributed by atoms with Crippen molar-refractivity contribution in [3.8, 4) is 11.1 Å². The molecule has 0 aliphatic carbocycles. The number of non-ortho nitro benzene ring substituents is 1. The fourth-order valence-electron chi connectivity index (χ4n) is 1.59. The van der Waals surface area contributed by atoms with Crippen molar-refractivity contribution in [2.24, 2.45) is 0 Å². The molecule has 2 aromatic rings. The van der Waals surface area contributed by atoms with Crippen molar-refractivity contribution in [3.63, 3.8) is 0 Å². The molecule has 0 saturated heterocycles. The van der Waals surface area contributed by atoms with Crippen molar-refractivity contribution in [1.82, 2.24) is 0 Å². The Hall–Kier alpha value is -1.36. The lowest BCUT2D eigenvalue weighted by Gasteiger charge is -2.09. The van der Waals surface area contributed by atoms with E-state index in [0.29, 0.717) is 0 Å². The third-order valence-corrected chi connectivity index (χ3v) is 3.60. The molecule has 0 aromatic heterocycles. The predicted octanol–water partition coefficient (Wildman–Crippen LogP) is 5.36. The lowest BCUT2D eigenvalue weighted by atomic mass is 10.0. The normalized spacial score (nSPS) is 10.5. The summed E-state index contributed by atoms with van der Waals surface area (Å²) in [5.41, 5.74) is -0.0816. The third-order valence-electron chi connectivity index (χ3n) is 2.48. The summed E-state index contributed by atoms with van der Waals surface area (Å²) >= 11 is 17.8. The van der Waals surface area contributed by atoms with Crippen molar-refractivity contribution in [2.45, 2.75) is 0 Å². The van der Waals surface area contributed by atoms with Gasteiger partial charge in [0.25, 0.3) is 5.69 Å². The first-order chi connectivity index (χ1) is 8.91. The molecular formula is C12H5Cl3FNO2. The van der Waals surface area contributed by atoms with Gasteiger partial charge in [0.1, 0.15) is 5.82 Å². The van der Waals surface area contributed by atoms with E-state index in [4.69, 9.17) is 34.8 Å². The summed E-state index contributed by atoms with van der Waals surface area (Å²) in [7, 11) is 0. The van der Waals surface area contributed by atoms with Crippen LogP contribution in [0.15, 0.2) is 30.3 Å². The van der Waals surface area contributed by atoms with Crippen LogP contribution in [0.4, 0.5) is 10.1 Å². The molecule has 0 N–H and O–H groups in total. The third kappa shape index (κ3) is 2.66. The number of rotatable bonds is 2. The molecule has 19 heavy (non-hydrogen) atoms. The smallest absolute Gasteiger partial charge is 0.258 e. The van der Waals surface area contributed by atoms with E-state index in [0.717, 1.165) is 6.07 Å². The number of nitrogens with zero attached hydrogens (tertiary/aromatic N) is 1. The van der Waals surface area contributed by atoms with Crippen LogP contribution in [0.2, 0.25) is 15.1 Å². The first-order valence-corrected chi connectivity index (χ1v) is 6.13. The molecule has 98 valence electrons. The van der Waals surface area contributed by atoms with Gasteiger partial charge in [-0.25, -0.2) is 4.39 Å². The zero-order valence-electron chi connectivity index (χ0n) is 9.16. The molecule has 0 spiro atoms. The van der Waals surface area contributed by atoms with E-state index in [9.17, 15) is 14.5 Å². The SMILES string of the molecule is O=[N+]([O-])c1ccc(-c2c(Cl)ccc(Cl)c2Cl)c(F)c1. The maximum atomic E-state index is 13.9. The minimum Gasteiger partial charge on any atom is -0.258 e. The van der Waals surface area contributed by atoms with E-state index >= 15 is 0 Å². The van der Waals surface area contributed by atoms with Crippen molar-refractivity contribution in [2.75, 3.05) is 0 Å². The summed E-state index contributed by atoms with van der Waals surface area (Å²) in [5, 5.41) is 11.1. The van der Waals surface area contributed by atoms with E-state index in [1.54, 1.807) is 0 Å². The fraction of sp³-hybridized carbons (Fsp3) is 0. The second kappa shape index (κ2) is 5.33. The number of nitro benzene ring substituents is 1. The van der Waals surface area contributed by atoms with E-state index in [-0.39, 0.29) is 31.9 Å². The van der Waals surface area contributed by atoms with Crippen LogP contribution in [0, 0.1) is 15.9 Å². The van der Waals surface area contributed by atoms with Crippen LogP contribution in [0.1, 0.15) is 0 Å². The van der Waals surface area contributed by atoms with Crippen molar-refractivity contribution in [3.05, 3.63) is 61.3 Å². The van der Waals surface area contributed by atoms with Gasteiger partial charge in [0.05, 0.1) is 26.1 Å². The summed E-state index contributed by atoms with van der Waals surface area (Å²) < 4.78 is 13.9. The quantitative estimate of drug-likeness (QED) is 0.424. The Morgan fingerprint density at radius 1 is 1.05 bits per heavy atom. The summed E-state index contributed by atoms with van der Waals surface area (Å²) in [4.78, 5) is 9.87. The van der Waals surface area contributed by atoms with Gasteiger partial charge in [-0.1, -0.05) is 34.8 Å². The zero-order chi connectivity index (χ0) is 14.2. The molecule has 0 radical (unpaired) electrons. The Kier molecular flexibility index (Phi) is 3.94. The molecule has 2 rings (SSSR count). The second-order valence-corrected chi connectivity index (χ2v) is 4.83. The highest BCUT2D eigenvalue weighted by Crippen LogP contribution is 2.40. The van der Waals surface area contributed by atoms with Gasteiger partial charge >= 0.3 is 0 Å². The van der Waals surface area contributed by atoms with Crippen LogP contribution in [0.3, 0.4) is 0 Å². The Morgan fingerprint density at radius 2 is 1.68 bits per heavy atom. The van der Waals surface area contributed by atoms with Crippen LogP contribution >= 0.6 is 34.8 Å². The van der Waals surface area contributed by atoms with Crippen LogP contribution in [-0.2, 0) is 0 Å². The molecule has 0 bridgehead atoms. The van der Waals surface area contributed by atoms with Gasteiger partial charge in [-0.05, 0) is 18.2 Å². The van der Waals surface area contributed by atoms with Gasteiger partial charge in [-0.3, -0.25) is 10.1 Å². The highest BCUT2D eigenvalue weighted by molar-refractivity contribution is 6.46. The van der Waals surface area contributed by atoms with Gasteiger partial charge in [0.15, 0.2) is 0 Å². The van der Waals surface area contributed by atoms with Gasteiger partial charge in [-0.2, -0.15) is 0 Å². The Bertz CT molecular complexity index is 676. The molecule has 2 aromatic carbocycles. The largest absolute Gasteiger partial charge is 0.272 e. The molecule has 7 heteroatoms. The minimum atomic E-state index is -0.791. The molecule has 0 aliphatic heterocycles. The molecule has 0 amide bonds. The monoisotopic (exact) mass is 319 g/mol. The zero-order valence-corrected chi connectivity index (χ0v) is 11.4. The van der Waals surface area contributed by atoms with Crippen LogP contribution in [0.25, 0.3) is 11.1 Å². The molecular weight excluding hydrogens is 315 g/mol. The average molecular weight is 321 g/mol. The molecule has 3 nitrogen and oxygen atoms in total. The van der Waals surface area contributed by atoms with Gasteiger partial charge in [-0.15, -0.1) is 0 Å². The molecule has 0 aliphatic rings. The Balaban J connectivity index is 2.66. The number of hydrogen-bond donors (Lipinski definition) is 0. The predicted molar refractivity (Wildman–Crippen MR) is 73.5 cm³/mol. The van der Waals surface area contributed by atoms with E-state index < -0.39 is 10.7 Å². The topological polar surface area (TPSA) is 43.1 Å². The molecule has 0 heterocycles. The van der Waals surface area contributed by atoms with E-state index in [2.05, 4.69) is 0 Å². The molecule has 0 fully saturated rings. The Labute approximate surface area is 122 Å². The maximum Gasteiger partial charge on any atom is 0.272 e. The van der Waals surface area contributed by atoms with Gasteiger partial charge < -0.3 is 0 Å². The second-order valence-electron chi connectivity index (χ2n) is 3.64. The average Bonchev–Trinajstić information content (AvgIpc) is 2.36. The molecule has 0 saturated carbocycles. The summed E-state index contributed by atoms with van der Waals surface area (Å²) in [6.07, 6.45) is 0.